The largest absolute Gasteiger partial charge is 0.438 e. The SMILES string of the molecule is C=CC(=O)Nc1cccc(Oc2nc(Nc3ccc(N(C)CCC)cc3)nc3[nH]ccc23)c1. The molecule has 8 nitrogen and oxygen atoms in total. The second-order valence-corrected chi connectivity index (χ2v) is 7.51. The summed E-state index contributed by atoms with van der Waals surface area (Å²) in [5, 5.41) is 6.72. The molecule has 1 amide bonds. The van der Waals surface area contributed by atoms with Crippen LogP contribution in [-0.4, -0.2) is 34.5 Å². The van der Waals surface area contributed by atoms with E-state index in [0.717, 1.165) is 29.7 Å². The van der Waals surface area contributed by atoms with Gasteiger partial charge in [0.05, 0.1) is 5.39 Å². The molecule has 0 bridgehead atoms. The first-order valence-electron chi connectivity index (χ1n) is 10.7. The zero-order valence-electron chi connectivity index (χ0n) is 18.6. The summed E-state index contributed by atoms with van der Waals surface area (Å²) in [5.74, 6) is 1.05. The van der Waals surface area contributed by atoms with E-state index in [4.69, 9.17) is 4.74 Å². The van der Waals surface area contributed by atoms with Gasteiger partial charge in [-0.1, -0.05) is 19.6 Å². The highest BCUT2D eigenvalue weighted by Crippen LogP contribution is 2.30. The van der Waals surface area contributed by atoms with Crippen LogP contribution in [0.3, 0.4) is 0 Å². The van der Waals surface area contributed by atoms with Crippen LogP contribution in [-0.2, 0) is 4.79 Å². The number of H-pyrrole nitrogens is 1. The van der Waals surface area contributed by atoms with E-state index in [0.29, 0.717) is 28.9 Å². The van der Waals surface area contributed by atoms with Crippen LogP contribution in [0, 0.1) is 0 Å². The second kappa shape index (κ2) is 9.86. The number of nitrogens with one attached hydrogen (secondary N) is 3. The molecule has 8 heteroatoms. The van der Waals surface area contributed by atoms with Crippen molar-refractivity contribution in [3.8, 4) is 11.6 Å². The van der Waals surface area contributed by atoms with Crippen LogP contribution in [0.2, 0.25) is 0 Å². The number of benzene rings is 2. The Kier molecular flexibility index (Phi) is 6.54. The summed E-state index contributed by atoms with van der Waals surface area (Å²) in [4.78, 5) is 26.0. The van der Waals surface area contributed by atoms with Crippen molar-refractivity contribution in [2.45, 2.75) is 13.3 Å². The standard InChI is InChI=1S/C25H26N6O2/c1-4-15-31(3)19-11-9-17(10-12-19)28-25-29-23-21(13-14-26-23)24(30-25)33-20-8-6-7-18(16-20)27-22(32)5-2/h5-14,16H,2,4,15H2,1,3H3,(H,27,32)(H2,26,28,29,30). The van der Waals surface area contributed by atoms with Gasteiger partial charge in [-0.2, -0.15) is 9.97 Å². The van der Waals surface area contributed by atoms with E-state index in [-0.39, 0.29) is 5.91 Å². The third-order valence-corrected chi connectivity index (χ3v) is 5.01. The summed E-state index contributed by atoms with van der Waals surface area (Å²) in [7, 11) is 2.08. The number of ether oxygens (including phenoxy) is 1. The number of nitrogens with zero attached hydrogens (tertiary/aromatic N) is 3. The number of fused-ring (bicyclic) bond motifs is 1. The molecule has 0 atom stereocenters. The predicted octanol–water partition coefficient (Wildman–Crippen LogP) is 5.46. The lowest BCUT2D eigenvalue weighted by molar-refractivity contribution is -0.111. The minimum absolute atomic E-state index is 0.291. The predicted molar refractivity (Wildman–Crippen MR) is 133 cm³/mol. The number of anilines is 4. The van der Waals surface area contributed by atoms with Crippen molar-refractivity contribution in [1.82, 2.24) is 15.0 Å². The van der Waals surface area contributed by atoms with E-state index in [9.17, 15) is 4.79 Å². The minimum Gasteiger partial charge on any atom is -0.438 e. The molecule has 0 saturated carbocycles. The van der Waals surface area contributed by atoms with E-state index in [1.807, 2.05) is 18.2 Å². The Morgan fingerprint density at radius 1 is 1.15 bits per heavy atom. The third-order valence-electron chi connectivity index (χ3n) is 5.01. The van der Waals surface area contributed by atoms with Gasteiger partial charge in [0, 0.05) is 42.9 Å². The number of carbonyl (C=O) groups is 1. The molecule has 3 N–H and O–H groups in total. The van der Waals surface area contributed by atoms with Crippen LogP contribution in [0.25, 0.3) is 11.0 Å². The van der Waals surface area contributed by atoms with Crippen LogP contribution >= 0.6 is 0 Å². The van der Waals surface area contributed by atoms with E-state index < -0.39 is 0 Å². The zero-order valence-corrected chi connectivity index (χ0v) is 18.6. The van der Waals surface area contributed by atoms with Crippen LogP contribution in [0.4, 0.5) is 23.0 Å². The van der Waals surface area contributed by atoms with E-state index in [1.54, 1.807) is 30.5 Å². The Morgan fingerprint density at radius 3 is 2.73 bits per heavy atom. The van der Waals surface area contributed by atoms with Gasteiger partial charge in [0.25, 0.3) is 0 Å². The summed E-state index contributed by atoms with van der Waals surface area (Å²) in [6.45, 7) is 6.63. The molecule has 0 aliphatic carbocycles. The summed E-state index contributed by atoms with van der Waals surface area (Å²) < 4.78 is 6.07. The fourth-order valence-electron chi connectivity index (χ4n) is 3.38. The molecule has 0 spiro atoms. The van der Waals surface area contributed by atoms with Crippen LogP contribution in [0.15, 0.2) is 73.4 Å². The highest BCUT2D eigenvalue weighted by Gasteiger charge is 2.12. The topological polar surface area (TPSA) is 95.2 Å². The highest BCUT2D eigenvalue weighted by atomic mass is 16.5. The van der Waals surface area contributed by atoms with E-state index in [2.05, 4.69) is 63.2 Å². The minimum atomic E-state index is -0.291. The summed E-state index contributed by atoms with van der Waals surface area (Å²) in [6, 6.07) is 17.1. The molecule has 0 aliphatic heterocycles. The Balaban J connectivity index is 1.57. The average Bonchev–Trinajstić information content (AvgIpc) is 3.29. The maximum Gasteiger partial charge on any atom is 0.247 e. The molecule has 0 unspecified atom stereocenters. The molecular weight excluding hydrogens is 416 g/mol. The van der Waals surface area contributed by atoms with Crippen LogP contribution in [0.5, 0.6) is 11.6 Å². The Labute approximate surface area is 192 Å². The van der Waals surface area contributed by atoms with Gasteiger partial charge in [0.2, 0.25) is 17.7 Å². The molecule has 4 rings (SSSR count). The maximum absolute atomic E-state index is 11.6. The second-order valence-electron chi connectivity index (χ2n) is 7.51. The lowest BCUT2D eigenvalue weighted by Gasteiger charge is -2.18. The van der Waals surface area contributed by atoms with Gasteiger partial charge in [-0.3, -0.25) is 4.79 Å². The van der Waals surface area contributed by atoms with Crippen molar-refractivity contribution in [3.63, 3.8) is 0 Å². The van der Waals surface area contributed by atoms with Gasteiger partial charge in [-0.15, -0.1) is 0 Å². The van der Waals surface area contributed by atoms with Gasteiger partial charge in [0.1, 0.15) is 11.4 Å². The number of carbonyl (C=O) groups excluding carboxylic acids is 1. The third kappa shape index (κ3) is 5.30. The summed E-state index contributed by atoms with van der Waals surface area (Å²) >= 11 is 0. The summed E-state index contributed by atoms with van der Waals surface area (Å²) in [6.07, 6.45) is 4.09. The van der Waals surface area contributed by atoms with Crippen molar-refractivity contribution in [2.24, 2.45) is 0 Å². The van der Waals surface area contributed by atoms with Crippen molar-refractivity contribution < 1.29 is 9.53 Å². The Hall–Kier alpha value is -4.33. The average molecular weight is 443 g/mol. The molecule has 0 fully saturated rings. The number of hydrogen-bond donors (Lipinski definition) is 3. The normalized spacial score (nSPS) is 10.6. The fraction of sp³-hybridized carbons (Fsp3) is 0.160. The first-order chi connectivity index (χ1) is 16.1. The number of hydrogen-bond acceptors (Lipinski definition) is 6. The van der Waals surface area contributed by atoms with Gasteiger partial charge in [0.15, 0.2) is 0 Å². The van der Waals surface area contributed by atoms with Crippen molar-refractivity contribution in [3.05, 3.63) is 73.4 Å². The first-order valence-corrected chi connectivity index (χ1v) is 10.7. The van der Waals surface area contributed by atoms with Gasteiger partial charge < -0.3 is 25.3 Å². The molecule has 33 heavy (non-hydrogen) atoms. The number of amides is 1. The van der Waals surface area contributed by atoms with E-state index >= 15 is 0 Å². The summed E-state index contributed by atoms with van der Waals surface area (Å²) in [5.41, 5.74) is 3.27. The molecule has 4 aromatic rings. The van der Waals surface area contributed by atoms with E-state index in [1.165, 1.54) is 6.08 Å². The first kappa shape index (κ1) is 21.9. The highest BCUT2D eigenvalue weighted by molar-refractivity contribution is 5.99. The fourth-order valence-corrected chi connectivity index (χ4v) is 3.38. The monoisotopic (exact) mass is 442 g/mol. The van der Waals surface area contributed by atoms with Crippen molar-refractivity contribution in [1.29, 1.82) is 0 Å². The Bertz CT molecular complexity index is 1270. The van der Waals surface area contributed by atoms with Gasteiger partial charge >= 0.3 is 0 Å². The molecular formula is C25H26N6O2. The zero-order chi connectivity index (χ0) is 23.2. The van der Waals surface area contributed by atoms with Crippen molar-refractivity contribution in [2.75, 3.05) is 29.1 Å². The van der Waals surface area contributed by atoms with Crippen molar-refractivity contribution >= 4 is 40.0 Å². The van der Waals surface area contributed by atoms with Gasteiger partial charge in [-0.25, -0.2) is 0 Å². The lowest BCUT2D eigenvalue weighted by atomic mass is 10.2. The Morgan fingerprint density at radius 2 is 1.97 bits per heavy atom. The molecule has 2 aromatic carbocycles. The molecule has 0 radical (unpaired) electrons. The van der Waals surface area contributed by atoms with Crippen LogP contribution < -0.4 is 20.3 Å². The number of rotatable bonds is 9. The quantitative estimate of drug-likeness (QED) is 0.298. The van der Waals surface area contributed by atoms with Crippen LogP contribution in [0.1, 0.15) is 13.3 Å². The molecule has 0 aliphatic rings. The molecule has 2 aromatic heterocycles. The smallest absolute Gasteiger partial charge is 0.247 e. The lowest BCUT2D eigenvalue weighted by Crippen LogP contribution is -2.17. The maximum atomic E-state index is 11.6. The van der Waals surface area contributed by atoms with Gasteiger partial charge in [-0.05, 0) is 55.0 Å². The molecule has 0 saturated heterocycles. The molecule has 168 valence electrons. The number of aromatic amines is 1. The molecule has 2 heterocycles. The number of aromatic nitrogens is 3.